The van der Waals surface area contributed by atoms with E-state index in [1.165, 1.54) is 0 Å². The summed E-state index contributed by atoms with van der Waals surface area (Å²) in [6.07, 6.45) is 0. The van der Waals surface area contributed by atoms with Gasteiger partial charge in [0, 0.05) is 23.4 Å². The van der Waals surface area contributed by atoms with Gasteiger partial charge in [0.05, 0.1) is 26.5 Å². The van der Waals surface area contributed by atoms with Gasteiger partial charge in [-0.15, -0.1) is 0 Å². The number of hydrogen-bond acceptors (Lipinski definition) is 6. The molecule has 0 radical (unpaired) electrons. The molecule has 3 rings (SSSR count). The van der Waals surface area contributed by atoms with E-state index in [-0.39, 0.29) is 18.1 Å². The maximum atomic E-state index is 12.8. The lowest BCUT2D eigenvalue weighted by Gasteiger charge is -2.11. The van der Waals surface area contributed by atoms with Crippen LogP contribution in [-0.4, -0.2) is 35.1 Å². The van der Waals surface area contributed by atoms with Crippen molar-refractivity contribution in [1.82, 2.24) is 20.3 Å². The van der Waals surface area contributed by atoms with Crippen molar-refractivity contribution in [3.8, 4) is 11.5 Å². The van der Waals surface area contributed by atoms with E-state index < -0.39 is 0 Å². The van der Waals surface area contributed by atoms with Gasteiger partial charge in [-0.2, -0.15) is 5.10 Å². The molecule has 0 aliphatic heterocycles. The maximum Gasteiger partial charge on any atom is 0.274 e. The first kappa shape index (κ1) is 19.5. The van der Waals surface area contributed by atoms with Crippen LogP contribution in [0, 0.1) is 20.8 Å². The van der Waals surface area contributed by atoms with Crippen molar-refractivity contribution >= 4 is 5.91 Å². The van der Waals surface area contributed by atoms with Crippen molar-refractivity contribution in [3.05, 3.63) is 58.2 Å². The molecular formula is C20H24N4O4. The number of aromatic nitrogens is 3. The summed E-state index contributed by atoms with van der Waals surface area (Å²) in [5.74, 6) is 1.63. The third-order valence-corrected chi connectivity index (χ3v) is 4.54. The summed E-state index contributed by atoms with van der Waals surface area (Å²) in [6, 6.07) is 7.41. The number of nitrogens with one attached hydrogen (secondary N) is 1. The van der Waals surface area contributed by atoms with E-state index in [1.807, 2.05) is 30.7 Å². The fraction of sp³-hybridized carbons (Fsp3) is 0.350. The Kier molecular flexibility index (Phi) is 5.67. The number of nitrogens with zero attached hydrogens (tertiary/aromatic N) is 3. The summed E-state index contributed by atoms with van der Waals surface area (Å²) in [5, 5.41) is 11.3. The average molecular weight is 384 g/mol. The standard InChI is InChI=1S/C20H24N4O4/c1-12-8-13(2)24(22-12)11-17-14(3)28-23-19(17)20(25)21-10-15-9-16(26-4)6-7-18(15)27-5/h6-9H,10-11H2,1-5H3,(H,21,25). The van der Waals surface area contributed by atoms with Crippen LogP contribution >= 0.6 is 0 Å². The van der Waals surface area contributed by atoms with Crippen molar-refractivity contribution in [3.63, 3.8) is 0 Å². The molecule has 0 atom stereocenters. The van der Waals surface area contributed by atoms with Crippen molar-refractivity contribution in [1.29, 1.82) is 0 Å². The monoisotopic (exact) mass is 384 g/mol. The predicted octanol–water partition coefficient (Wildman–Crippen LogP) is 2.79. The van der Waals surface area contributed by atoms with Crippen LogP contribution in [0.25, 0.3) is 0 Å². The Morgan fingerprint density at radius 3 is 2.61 bits per heavy atom. The Morgan fingerprint density at radius 2 is 1.96 bits per heavy atom. The molecule has 2 heterocycles. The highest BCUT2D eigenvalue weighted by Gasteiger charge is 2.21. The van der Waals surface area contributed by atoms with E-state index in [0.717, 1.165) is 17.0 Å². The second-order valence-electron chi connectivity index (χ2n) is 6.51. The second-order valence-corrected chi connectivity index (χ2v) is 6.51. The molecule has 1 aromatic carbocycles. The number of rotatable bonds is 7. The zero-order valence-electron chi connectivity index (χ0n) is 16.7. The highest BCUT2D eigenvalue weighted by atomic mass is 16.5. The molecule has 0 aliphatic rings. The molecule has 8 heteroatoms. The van der Waals surface area contributed by atoms with Crippen LogP contribution in [0.5, 0.6) is 11.5 Å². The molecule has 0 spiro atoms. The molecule has 0 aliphatic carbocycles. The van der Waals surface area contributed by atoms with Crippen LogP contribution in [0.2, 0.25) is 0 Å². The molecule has 0 bridgehead atoms. The number of aryl methyl sites for hydroxylation is 3. The van der Waals surface area contributed by atoms with E-state index >= 15 is 0 Å². The van der Waals surface area contributed by atoms with Gasteiger partial charge in [-0.3, -0.25) is 9.48 Å². The highest BCUT2D eigenvalue weighted by Crippen LogP contribution is 2.24. The molecule has 3 aromatic rings. The number of ether oxygens (including phenoxy) is 2. The summed E-state index contributed by atoms with van der Waals surface area (Å²) in [6.45, 7) is 6.37. The van der Waals surface area contributed by atoms with Crippen LogP contribution < -0.4 is 14.8 Å². The first-order valence-corrected chi connectivity index (χ1v) is 8.88. The summed E-state index contributed by atoms with van der Waals surface area (Å²) in [4.78, 5) is 12.8. The molecule has 148 valence electrons. The van der Waals surface area contributed by atoms with Gasteiger partial charge in [0.1, 0.15) is 17.3 Å². The van der Waals surface area contributed by atoms with E-state index in [1.54, 1.807) is 33.3 Å². The largest absolute Gasteiger partial charge is 0.497 e. The quantitative estimate of drug-likeness (QED) is 0.673. The zero-order chi connectivity index (χ0) is 20.3. The lowest BCUT2D eigenvalue weighted by atomic mass is 10.1. The molecule has 1 amide bonds. The van der Waals surface area contributed by atoms with E-state index in [9.17, 15) is 4.79 Å². The second kappa shape index (κ2) is 8.16. The molecular weight excluding hydrogens is 360 g/mol. The number of benzene rings is 1. The lowest BCUT2D eigenvalue weighted by Crippen LogP contribution is -2.25. The van der Waals surface area contributed by atoms with Crippen LogP contribution in [-0.2, 0) is 13.1 Å². The first-order chi connectivity index (χ1) is 13.4. The number of carbonyl (C=O) groups excluding carboxylic acids is 1. The maximum absolute atomic E-state index is 12.8. The molecule has 0 saturated carbocycles. The Hall–Kier alpha value is -3.29. The minimum atomic E-state index is -0.321. The lowest BCUT2D eigenvalue weighted by molar-refractivity contribution is 0.0940. The number of amides is 1. The van der Waals surface area contributed by atoms with Gasteiger partial charge in [-0.05, 0) is 45.0 Å². The summed E-state index contributed by atoms with van der Waals surface area (Å²) in [5.41, 5.74) is 3.69. The minimum Gasteiger partial charge on any atom is -0.497 e. The van der Waals surface area contributed by atoms with Gasteiger partial charge in [-0.1, -0.05) is 5.16 Å². The van der Waals surface area contributed by atoms with Crippen molar-refractivity contribution in [2.75, 3.05) is 14.2 Å². The Labute approximate surface area is 163 Å². The van der Waals surface area contributed by atoms with Gasteiger partial charge in [-0.25, -0.2) is 0 Å². The van der Waals surface area contributed by atoms with Crippen molar-refractivity contribution in [2.45, 2.75) is 33.9 Å². The van der Waals surface area contributed by atoms with E-state index in [2.05, 4.69) is 15.6 Å². The summed E-state index contributed by atoms with van der Waals surface area (Å²) in [7, 11) is 3.17. The average Bonchev–Trinajstić information content (AvgIpc) is 3.21. The van der Waals surface area contributed by atoms with Crippen LogP contribution in [0.3, 0.4) is 0 Å². The molecule has 2 aromatic heterocycles. The normalized spacial score (nSPS) is 10.8. The van der Waals surface area contributed by atoms with Crippen LogP contribution in [0.4, 0.5) is 0 Å². The van der Waals surface area contributed by atoms with Gasteiger partial charge < -0.3 is 19.3 Å². The Balaban J connectivity index is 1.78. The van der Waals surface area contributed by atoms with Gasteiger partial charge in [0.2, 0.25) is 0 Å². The van der Waals surface area contributed by atoms with Gasteiger partial charge in [0.25, 0.3) is 5.91 Å². The number of hydrogen-bond donors (Lipinski definition) is 1. The molecule has 0 unspecified atom stereocenters. The highest BCUT2D eigenvalue weighted by molar-refractivity contribution is 5.93. The van der Waals surface area contributed by atoms with Crippen LogP contribution in [0.1, 0.15) is 38.8 Å². The fourth-order valence-electron chi connectivity index (χ4n) is 3.02. The third-order valence-electron chi connectivity index (χ3n) is 4.54. The smallest absolute Gasteiger partial charge is 0.274 e. The molecule has 0 saturated heterocycles. The molecule has 8 nitrogen and oxygen atoms in total. The first-order valence-electron chi connectivity index (χ1n) is 8.88. The van der Waals surface area contributed by atoms with Crippen LogP contribution in [0.15, 0.2) is 28.8 Å². The molecule has 1 N–H and O–H groups in total. The molecule has 0 fully saturated rings. The SMILES string of the molecule is COc1ccc(OC)c(CNC(=O)c2noc(C)c2Cn2nc(C)cc2C)c1. The predicted molar refractivity (Wildman–Crippen MR) is 103 cm³/mol. The topological polar surface area (TPSA) is 91.4 Å². The van der Waals surface area contributed by atoms with Gasteiger partial charge in [0.15, 0.2) is 5.69 Å². The number of methoxy groups -OCH3 is 2. The van der Waals surface area contributed by atoms with E-state index in [4.69, 9.17) is 14.0 Å². The van der Waals surface area contributed by atoms with E-state index in [0.29, 0.717) is 29.4 Å². The Bertz CT molecular complexity index is 990. The van der Waals surface area contributed by atoms with Gasteiger partial charge >= 0.3 is 0 Å². The van der Waals surface area contributed by atoms with Crippen molar-refractivity contribution in [2.24, 2.45) is 0 Å². The molecule has 28 heavy (non-hydrogen) atoms. The third kappa shape index (κ3) is 4.00. The minimum absolute atomic E-state index is 0.256. The summed E-state index contributed by atoms with van der Waals surface area (Å²) >= 11 is 0. The zero-order valence-corrected chi connectivity index (χ0v) is 16.7. The summed E-state index contributed by atoms with van der Waals surface area (Å²) < 4.78 is 17.7. The number of carbonyl (C=O) groups is 1. The fourth-order valence-corrected chi connectivity index (χ4v) is 3.02. The van der Waals surface area contributed by atoms with Crippen molar-refractivity contribution < 1.29 is 18.8 Å². The Morgan fingerprint density at radius 1 is 1.18 bits per heavy atom.